The van der Waals surface area contributed by atoms with Crippen molar-refractivity contribution in [2.75, 3.05) is 7.11 Å². The van der Waals surface area contributed by atoms with Gasteiger partial charge in [0.15, 0.2) is 0 Å². The van der Waals surface area contributed by atoms with Crippen LogP contribution in [0.25, 0.3) is 0 Å². The molecule has 0 saturated heterocycles. The Hall–Kier alpha value is -2.99. The summed E-state index contributed by atoms with van der Waals surface area (Å²) >= 11 is 0. The Kier molecular flexibility index (Phi) is 6.94. The highest BCUT2D eigenvalue weighted by Crippen LogP contribution is 2.38. The van der Waals surface area contributed by atoms with E-state index in [1.165, 1.54) is 19.2 Å². The fraction of sp³-hybridized carbons (Fsp3) is 0.407. The summed E-state index contributed by atoms with van der Waals surface area (Å²) < 4.78 is 18.4. The highest BCUT2D eigenvalue weighted by molar-refractivity contribution is 5.97. The predicted octanol–water partition coefficient (Wildman–Crippen LogP) is 4.88. The van der Waals surface area contributed by atoms with Gasteiger partial charge in [-0.2, -0.15) is 0 Å². The molecule has 4 rings (SSSR count). The molecule has 1 aliphatic heterocycles. The van der Waals surface area contributed by atoms with E-state index in [1.807, 2.05) is 18.7 Å². The molecule has 0 saturated carbocycles. The Balaban J connectivity index is 1.69. The van der Waals surface area contributed by atoms with Crippen molar-refractivity contribution >= 4 is 11.9 Å². The molecule has 1 heterocycles. The lowest BCUT2D eigenvalue weighted by atomic mass is 9.91. The van der Waals surface area contributed by atoms with Crippen LogP contribution in [0.15, 0.2) is 53.6 Å². The van der Waals surface area contributed by atoms with E-state index in [2.05, 4.69) is 23.5 Å². The maximum Gasteiger partial charge on any atom is 0.307 e. The smallest absolute Gasteiger partial charge is 0.307 e. The highest BCUT2D eigenvalue weighted by atomic mass is 19.1. The van der Waals surface area contributed by atoms with Crippen LogP contribution in [0.3, 0.4) is 0 Å². The Bertz CT molecular complexity index is 1080. The maximum absolute atomic E-state index is 13.4. The van der Waals surface area contributed by atoms with Crippen LogP contribution >= 0.6 is 0 Å². The minimum absolute atomic E-state index is 0.0318. The zero-order valence-corrected chi connectivity index (χ0v) is 19.5. The molecule has 0 unspecified atom stereocenters. The number of carbonyl (C=O) groups excluding carboxylic acids is 2. The second-order valence-electron chi connectivity index (χ2n) is 9.03. The zero-order valence-electron chi connectivity index (χ0n) is 19.5. The van der Waals surface area contributed by atoms with Gasteiger partial charge < -0.3 is 9.64 Å². The van der Waals surface area contributed by atoms with Gasteiger partial charge in [0.1, 0.15) is 12.0 Å². The number of hydrogen-bond donors (Lipinski definition) is 1. The molecule has 174 valence electrons. The third kappa shape index (κ3) is 5.01. The van der Waals surface area contributed by atoms with E-state index in [0.717, 1.165) is 59.1 Å². The second kappa shape index (κ2) is 9.87. The molecule has 2 aromatic carbocycles. The second-order valence-corrected chi connectivity index (χ2v) is 9.03. The molecular formula is C27H31FN2O3. The Labute approximate surface area is 194 Å². The van der Waals surface area contributed by atoms with Gasteiger partial charge in [-0.05, 0) is 73.9 Å². The molecule has 0 aromatic heterocycles. The zero-order chi connectivity index (χ0) is 23.5. The van der Waals surface area contributed by atoms with Crippen molar-refractivity contribution in [2.45, 2.75) is 64.7 Å². The number of hydrogen-bond acceptors (Lipinski definition) is 4. The molecule has 1 aliphatic carbocycles. The summed E-state index contributed by atoms with van der Waals surface area (Å²) in [5, 5.41) is 3.65. The molecule has 0 fully saturated rings. The van der Waals surface area contributed by atoms with Crippen molar-refractivity contribution in [3.63, 3.8) is 0 Å². The minimum Gasteiger partial charge on any atom is -0.469 e. The number of esters is 1. The average Bonchev–Trinajstić information content (AvgIpc) is 3.07. The first-order valence-corrected chi connectivity index (χ1v) is 11.5. The van der Waals surface area contributed by atoms with E-state index in [9.17, 15) is 14.0 Å². The van der Waals surface area contributed by atoms with Crippen LogP contribution in [0, 0.1) is 19.7 Å². The number of nitrogens with zero attached hydrogens (tertiary/aromatic N) is 1. The van der Waals surface area contributed by atoms with Gasteiger partial charge in [-0.15, -0.1) is 0 Å². The van der Waals surface area contributed by atoms with Gasteiger partial charge in [-0.25, -0.2) is 4.39 Å². The van der Waals surface area contributed by atoms with Crippen LogP contribution in [0.2, 0.25) is 0 Å². The lowest BCUT2D eigenvalue weighted by Gasteiger charge is -2.33. The van der Waals surface area contributed by atoms with Gasteiger partial charge in [0.25, 0.3) is 5.91 Å². The number of halogens is 1. The fourth-order valence-corrected chi connectivity index (χ4v) is 4.93. The molecular weight excluding hydrogens is 419 g/mol. The molecule has 0 spiro atoms. The number of nitrogens with one attached hydrogen (secondary N) is 1. The van der Waals surface area contributed by atoms with E-state index in [0.29, 0.717) is 6.54 Å². The molecule has 0 bridgehead atoms. The van der Waals surface area contributed by atoms with Crippen LogP contribution in [0.5, 0.6) is 0 Å². The number of benzene rings is 2. The van der Waals surface area contributed by atoms with Crippen LogP contribution in [-0.4, -0.2) is 30.1 Å². The number of amides is 1. The predicted molar refractivity (Wildman–Crippen MR) is 125 cm³/mol. The summed E-state index contributed by atoms with van der Waals surface area (Å²) in [4.78, 5) is 27.6. The van der Waals surface area contributed by atoms with Crippen LogP contribution in [0.4, 0.5) is 4.39 Å². The number of carbonyl (C=O) groups is 2. The largest absolute Gasteiger partial charge is 0.469 e. The summed E-state index contributed by atoms with van der Waals surface area (Å²) in [6.07, 6.45) is 3.53. The molecule has 2 aromatic rings. The molecule has 33 heavy (non-hydrogen) atoms. The molecule has 6 heteroatoms. The van der Waals surface area contributed by atoms with Crippen LogP contribution in [0.1, 0.15) is 60.4 Å². The van der Waals surface area contributed by atoms with Gasteiger partial charge in [-0.3, -0.25) is 14.9 Å². The topological polar surface area (TPSA) is 58.6 Å². The quantitative estimate of drug-likeness (QED) is 0.611. The number of rotatable bonds is 7. The fourth-order valence-electron chi connectivity index (χ4n) is 4.93. The Morgan fingerprint density at radius 1 is 1.15 bits per heavy atom. The van der Waals surface area contributed by atoms with Crippen molar-refractivity contribution in [2.24, 2.45) is 0 Å². The monoisotopic (exact) mass is 450 g/mol. The van der Waals surface area contributed by atoms with E-state index in [1.54, 1.807) is 12.1 Å². The summed E-state index contributed by atoms with van der Waals surface area (Å²) in [6.45, 7) is 4.43. The lowest BCUT2D eigenvalue weighted by Crippen LogP contribution is -2.47. The van der Waals surface area contributed by atoms with Gasteiger partial charge in [0.2, 0.25) is 0 Å². The standard InChI is InChI=1S/C27H31FN2O3/c1-17-8-9-18(2)23(14-17)24(15-25(31)33-3)29-26-21-6-4-5-7-22(21)27(32)30(26)16-19-10-12-20(28)13-11-19/h8-14,24,26,29H,4-7,15-16H2,1-3H3/t24-,26+/m1/s1. The first-order chi connectivity index (χ1) is 15.9. The van der Waals surface area contributed by atoms with Gasteiger partial charge in [0.05, 0.1) is 13.5 Å². The summed E-state index contributed by atoms with van der Waals surface area (Å²) in [5.74, 6) is -0.573. The number of aryl methyl sites for hydroxylation is 2. The first-order valence-electron chi connectivity index (χ1n) is 11.5. The maximum atomic E-state index is 13.4. The number of methoxy groups -OCH3 is 1. The van der Waals surface area contributed by atoms with Crippen molar-refractivity contribution < 1.29 is 18.7 Å². The van der Waals surface area contributed by atoms with E-state index in [-0.39, 0.29) is 36.3 Å². The van der Waals surface area contributed by atoms with Gasteiger partial charge in [-0.1, -0.05) is 35.9 Å². The molecule has 5 nitrogen and oxygen atoms in total. The molecule has 2 atom stereocenters. The Morgan fingerprint density at radius 3 is 2.61 bits per heavy atom. The summed E-state index contributed by atoms with van der Waals surface area (Å²) in [5.41, 5.74) is 6.09. The van der Waals surface area contributed by atoms with E-state index >= 15 is 0 Å². The first kappa shape index (κ1) is 23.2. The SMILES string of the molecule is COC(=O)C[C@@H](N[C@@H]1C2=C(CCCC2)C(=O)N1Cc1ccc(F)cc1)c1cc(C)ccc1C. The average molecular weight is 451 g/mol. The van der Waals surface area contributed by atoms with Crippen molar-refractivity contribution in [3.8, 4) is 0 Å². The molecule has 0 radical (unpaired) electrons. The summed E-state index contributed by atoms with van der Waals surface area (Å²) in [7, 11) is 1.39. The number of ether oxygens (including phenoxy) is 1. The van der Waals surface area contributed by atoms with Crippen molar-refractivity contribution in [3.05, 3.63) is 81.7 Å². The third-order valence-electron chi connectivity index (χ3n) is 6.71. The molecule has 1 amide bonds. The minimum atomic E-state index is -0.313. The Morgan fingerprint density at radius 2 is 1.88 bits per heavy atom. The van der Waals surface area contributed by atoms with Gasteiger partial charge >= 0.3 is 5.97 Å². The molecule has 1 N–H and O–H groups in total. The lowest BCUT2D eigenvalue weighted by molar-refractivity contribution is -0.141. The van der Waals surface area contributed by atoms with Gasteiger partial charge in [0, 0.05) is 18.2 Å². The normalized spacial score (nSPS) is 19.0. The van der Waals surface area contributed by atoms with Crippen molar-refractivity contribution in [1.29, 1.82) is 0 Å². The summed E-state index contributed by atoms with van der Waals surface area (Å²) in [6, 6.07) is 12.2. The van der Waals surface area contributed by atoms with E-state index in [4.69, 9.17) is 4.74 Å². The van der Waals surface area contributed by atoms with Crippen molar-refractivity contribution in [1.82, 2.24) is 10.2 Å². The molecule has 2 aliphatic rings. The third-order valence-corrected chi connectivity index (χ3v) is 6.71. The highest BCUT2D eigenvalue weighted by Gasteiger charge is 2.41. The van der Waals surface area contributed by atoms with E-state index < -0.39 is 0 Å². The van der Waals surface area contributed by atoms with Crippen LogP contribution in [-0.2, 0) is 20.9 Å². The van der Waals surface area contributed by atoms with Crippen LogP contribution < -0.4 is 5.32 Å².